The molecule has 128 valence electrons. The second-order valence-corrected chi connectivity index (χ2v) is 6.11. The largest absolute Gasteiger partial charge is 0.396 e. The molecule has 1 aliphatic heterocycles. The number of nitrogens with zero attached hydrogens (tertiary/aromatic N) is 3. The Labute approximate surface area is 138 Å². The number of hydrogen-bond donors (Lipinski definition) is 3. The summed E-state index contributed by atoms with van der Waals surface area (Å²) >= 11 is 0. The second kappa shape index (κ2) is 9.47. The highest BCUT2D eigenvalue weighted by Crippen LogP contribution is 2.15. The Morgan fingerprint density at radius 3 is 3.13 bits per heavy atom. The first-order valence-corrected chi connectivity index (χ1v) is 8.51. The van der Waals surface area contributed by atoms with Gasteiger partial charge < -0.3 is 16.2 Å². The van der Waals surface area contributed by atoms with Crippen molar-refractivity contribution in [2.45, 2.75) is 32.2 Å². The number of aliphatic hydroxyl groups excluding tert-OH is 1. The summed E-state index contributed by atoms with van der Waals surface area (Å²) in [6.07, 6.45) is 4.95. The molecule has 0 amide bonds. The number of pyridine rings is 1. The molecular weight excluding hydrogens is 290 g/mol. The third-order valence-electron chi connectivity index (χ3n) is 4.43. The van der Waals surface area contributed by atoms with Crippen LogP contribution in [0.2, 0.25) is 0 Å². The van der Waals surface area contributed by atoms with Crippen molar-refractivity contribution in [3.63, 3.8) is 0 Å². The number of nitrogens with one attached hydrogen (secondary N) is 1. The number of aliphatic hydroxyl groups is 1. The Balaban J connectivity index is 1.76. The molecule has 0 radical (unpaired) electrons. The summed E-state index contributed by atoms with van der Waals surface area (Å²) in [6, 6.07) is 6.36. The van der Waals surface area contributed by atoms with Crippen molar-refractivity contribution < 1.29 is 5.11 Å². The minimum atomic E-state index is 0.0453. The SMILES string of the molecule is CCN1CCCC1CNC(N)=NCC(CO)Cc1ccccn1. The van der Waals surface area contributed by atoms with Gasteiger partial charge in [-0.2, -0.15) is 0 Å². The average molecular weight is 319 g/mol. The van der Waals surface area contributed by atoms with E-state index in [0.29, 0.717) is 25.0 Å². The predicted molar refractivity (Wildman–Crippen MR) is 93.3 cm³/mol. The zero-order valence-electron chi connectivity index (χ0n) is 14.0. The van der Waals surface area contributed by atoms with Crippen LogP contribution >= 0.6 is 0 Å². The molecule has 1 saturated heterocycles. The van der Waals surface area contributed by atoms with E-state index >= 15 is 0 Å². The van der Waals surface area contributed by atoms with Crippen molar-refractivity contribution >= 4 is 5.96 Å². The summed E-state index contributed by atoms with van der Waals surface area (Å²) in [6.45, 7) is 5.89. The van der Waals surface area contributed by atoms with Crippen molar-refractivity contribution in [1.29, 1.82) is 0 Å². The quantitative estimate of drug-likeness (QED) is 0.483. The number of likely N-dealkylation sites (tertiary alicyclic amines) is 1. The second-order valence-electron chi connectivity index (χ2n) is 6.11. The lowest BCUT2D eigenvalue weighted by molar-refractivity contribution is 0.229. The molecule has 0 aromatic carbocycles. The fourth-order valence-electron chi connectivity index (χ4n) is 3.05. The van der Waals surface area contributed by atoms with Crippen LogP contribution in [-0.4, -0.2) is 59.8 Å². The van der Waals surface area contributed by atoms with Crippen LogP contribution in [0, 0.1) is 5.92 Å². The zero-order chi connectivity index (χ0) is 16.5. The minimum Gasteiger partial charge on any atom is -0.396 e. The van der Waals surface area contributed by atoms with Gasteiger partial charge in [0, 0.05) is 43.5 Å². The molecule has 23 heavy (non-hydrogen) atoms. The summed E-state index contributed by atoms with van der Waals surface area (Å²) in [5, 5.41) is 12.7. The van der Waals surface area contributed by atoms with Crippen LogP contribution in [0.25, 0.3) is 0 Å². The summed E-state index contributed by atoms with van der Waals surface area (Å²) in [5.41, 5.74) is 6.93. The van der Waals surface area contributed by atoms with E-state index < -0.39 is 0 Å². The fourth-order valence-corrected chi connectivity index (χ4v) is 3.05. The van der Waals surface area contributed by atoms with E-state index in [0.717, 1.165) is 18.8 Å². The third kappa shape index (κ3) is 5.80. The number of rotatable bonds is 8. The van der Waals surface area contributed by atoms with Gasteiger partial charge in [0.25, 0.3) is 0 Å². The van der Waals surface area contributed by atoms with Crippen LogP contribution in [0.1, 0.15) is 25.5 Å². The molecule has 1 aliphatic rings. The van der Waals surface area contributed by atoms with Crippen molar-refractivity contribution in [1.82, 2.24) is 15.2 Å². The number of nitrogens with two attached hydrogens (primary N) is 1. The fraction of sp³-hybridized carbons (Fsp3) is 0.647. The van der Waals surface area contributed by atoms with E-state index in [1.54, 1.807) is 6.20 Å². The first-order chi connectivity index (χ1) is 11.2. The molecule has 1 fully saturated rings. The van der Waals surface area contributed by atoms with Gasteiger partial charge in [-0.3, -0.25) is 14.9 Å². The van der Waals surface area contributed by atoms with Gasteiger partial charge in [-0.1, -0.05) is 13.0 Å². The van der Waals surface area contributed by atoms with Crippen LogP contribution in [0.5, 0.6) is 0 Å². The van der Waals surface area contributed by atoms with Gasteiger partial charge in [0.15, 0.2) is 5.96 Å². The third-order valence-corrected chi connectivity index (χ3v) is 4.43. The monoisotopic (exact) mass is 319 g/mol. The molecule has 6 heteroatoms. The molecule has 6 nitrogen and oxygen atoms in total. The van der Waals surface area contributed by atoms with E-state index in [4.69, 9.17) is 5.73 Å². The molecular formula is C17H29N5O. The molecule has 2 atom stereocenters. The Morgan fingerprint density at radius 1 is 1.57 bits per heavy atom. The molecule has 0 bridgehead atoms. The van der Waals surface area contributed by atoms with Crippen molar-refractivity contribution in [3.05, 3.63) is 30.1 Å². The summed E-state index contributed by atoms with van der Waals surface area (Å²) < 4.78 is 0. The van der Waals surface area contributed by atoms with Gasteiger partial charge in [-0.25, -0.2) is 0 Å². The average Bonchev–Trinajstić information content (AvgIpc) is 3.05. The molecule has 2 unspecified atom stereocenters. The highest BCUT2D eigenvalue weighted by molar-refractivity contribution is 5.77. The lowest BCUT2D eigenvalue weighted by atomic mass is 10.0. The maximum Gasteiger partial charge on any atom is 0.188 e. The normalized spacial score (nSPS) is 20.6. The van der Waals surface area contributed by atoms with E-state index in [-0.39, 0.29) is 12.5 Å². The van der Waals surface area contributed by atoms with Gasteiger partial charge in [0.2, 0.25) is 0 Å². The molecule has 4 N–H and O–H groups in total. The van der Waals surface area contributed by atoms with E-state index in [9.17, 15) is 5.11 Å². The summed E-state index contributed by atoms with van der Waals surface area (Å²) in [7, 11) is 0. The lowest BCUT2D eigenvalue weighted by Gasteiger charge is -2.23. The van der Waals surface area contributed by atoms with Gasteiger partial charge in [-0.15, -0.1) is 0 Å². The van der Waals surface area contributed by atoms with Crippen LogP contribution in [-0.2, 0) is 6.42 Å². The molecule has 1 aromatic heterocycles. The molecule has 0 saturated carbocycles. The lowest BCUT2D eigenvalue weighted by Crippen LogP contribution is -2.43. The first-order valence-electron chi connectivity index (χ1n) is 8.51. The molecule has 2 rings (SSSR count). The molecule has 0 aliphatic carbocycles. The van der Waals surface area contributed by atoms with Crippen LogP contribution in [0.15, 0.2) is 29.4 Å². The van der Waals surface area contributed by atoms with Crippen molar-refractivity contribution in [2.24, 2.45) is 16.6 Å². The van der Waals surface area contributed by atoms with Crippen LogP contribution in [0.3, 0.4) is 0 Å². The van der Waals surface area contributed by atoms with E-state index in [1.807, 2.05) is 18.2 Å². The van der Waals surface area contributed by atoms with Gasteiger partial charge >= 0.3 is 0 Å². The smallest absolute Gasteiger partial charge is 0.188 e. The minimum absolute atomic E-state index is 0.0453. The summed E-state index contributed by atoms with van der Waals surface area (Å²) in [4.78, 5) is 11.1. The van der Waals surface area contributed by atoms with Gasteiger partial charge in [0.05, 0.1) is 0 Å². The van der Waals surface area contributed by atoms with Gasteiger partial charge in [0.1, 0.15) is 0 Å². The standard InChI is InChI=1S/C17H29N5O/c1-2-22-9-5-7-16(22)12-21-17(18)20-11-14(13-23)10-15-6-3-4-8-19-15/h3-4,6,8,14,16,23H,2,5,7,9-13H2,1H3,(H3,18,20,21). The highest BCUT2D eigenvalue weighted by atomic mass is 16.3. The molecule has 1 aromatic rings. The van der Waals surface area contributed by atoms with E-state index in [1.165, 1.54) is 19.4 Å². The zero-order valence-corrected chi connectivity index (χ0v) is 14.0. The number of likely N-dealkylation sites (N-methyl/N-ethyl adjacent to an activating group) is 1. The Bertz CT molecular complexity index is 479. The highest BCUT2D eigenvalue weighted by Gasteiger charge is 2.22. The maximum atomic E-state index is 9.50. The molecule has 0 spiro atoms. The number of aromatic nitrogens is 1. The maximum absolute atomic E-state index is 9.50. The van der Waals surface area contributed by atoms with E-state index in [2.05, 4.69) is 27.1 Å². The Morgan fingerprint density at radius 2 is 2.43 bits per heavy atom. The Kier molecular flexibility index (Phi) is 7.29. The Hall–Kier alpha value is -1.66. The van der Waals surface area contributed by atoms with Crippen LogP contribution < -0.4 is 11.1 Å². The van der Waals surface area contributed by atoms with Gasteiger partial charge in [-0.05, 0) is 44.5 Å². The van der Waals surface area contributed by atoms with Crippen molar-refractivity contribution in [2.75, 3.05) is 32.8 Å². The molecule has 2 heterocycles. The number of hydrogen-bond acceptors (Lipinski definition) is 4. The number of aliphatic imine (C=N–C) groups is 1. The number of guanidine groups is 1. The van der Waals surface area contributed by atoms with Crippen molar-refractivity contribution in [3.8, 4) is 0 Å². The topological polar surface area (TPSA) is 86.8 Å². The predicted octanol–water partition coefficient (Wildman–Crippen LogP) is 0.621. The van der Waals surface area contributed by atoms with Crippen LogP contribution in [0.4, 0.5) is 0 Å². The first kappa shape index (κ1) is 17.7. The summed E-state index contributed by atoms with van der Waals surface area (Å²) in [5.74, 6) is 0.510.